The maximum Gasteiger partial charge on any atom is 0.271 e. The number of hydrogen-bond acceptors (Lipinski definition) is 5. The van der Waals surface area contributed by atoms with Crippen LogP contribution in [0.3, 0.4) is 0 Å². The van der Waals surface area contributed by atoms with Crippen LogP contribution in [-0.2, 0) is 9.47 Å². The molecule has 134 valence electrons. The van der Waals surface area contributed by atoms with Gasteiger partial charge in [0, 0.05) is 30.1 Å². The molecule has 1 atom stereocenters. The van der Waals surface area contributed by atoms with Crippen molar-refractivity contribution in [1.29, 1.82) is 0 Å². The van der Waals surface area contributed by atoms with Crippen LogP contribution in [0.4, 0.5) is 5.69 Å². The van der Waals surface area contributed by atoms with Crippen LogP contribution < -0.4 is 10.5 Å². The molecule has 6 heteroatoms. The Balaban J connectivity index is 1.65. The first-order valence-corrected chi connectivity index (χ1v) is 8.74. The number of H-pyrrole nitrogens is 1. The van der Waals surface area contributed by atoms with Gasteiger partial charge in [0.05, 0.1) is 31.6 Å². The van der Waals surface area contributed by atoms with Gasteiger partial charge in [-0.15, -0.1) is 0 Å². The van der Waals surface area contributed by atoms with E-state index in [2.05, 4.69) is 33.6 Å². The van der Waals surface area contributed by atoms with Crippen molar-refractivity contribution in [3.05, 3.63) is 57.8 Å². The minimum Gasteiger partial charge on any atom is -0.375 e. The summed E-state index contributed by atoms with van der Waals surface area (Å²) in [5, 5.41) is 0. The summed E-state index contributed by atoms with van der Waals surface area (Å²) in [5.41, 5.74) is 2.74. The van der Waals surface area contributed by atoms with Crippen LogP contribution in [-0.4, -0.2) is 48.0 Å². The molecular formula is C20H21N3O3. The molecule has 1 N–H and O–H groups in total. The Morgan fingerprint density at radius 2 is 2.23 bits per heavy atom. The molecular weight excluding hydrogens is 330 g/mol. The first kappa shape index (κ1) is 16.8. The normalized spacial score (nSPS) is 21.0. The van der Waals surface area contributed by atoms with Gasteiger partial charge in [-0.1, -0.05) is 11.8 Å². The summed E-state index contributed by atoms with van der Waals surface area (Å²) in [6.07, 6.45) is 3.40. The third kappa shape index (κ3) is 2.90. The van der Waals surface area contributed by atoms with Gasteiger partial charge < -0.3 is 19.4 Å². The molecule has 2 aliphatic heterocycles. The Kier molecular flexibility index (Phi) is 4.27. The fourth-order valence-electron chi connectivity index (χ4n) is 3.42. The Morgan fingerprint density at radius 1 is 1.38 bits per heavy atom. The minimum absolute atomic E-state index is 0.0647. The lowest BCUT2D eigenvalue weighted by Crippen LogP contribution is -2.68. The van der Waals surface area contributed by atoms with Gasteiger partial charge >= 0.3 is 0 Å². The second-order valence-electron chi connectivity index (χ2n) is 6.76. The largest absolute Gasteiger partial charge is 0.375 e. The van der Waals surface area contributed by atoms with Crippen molar-refractivity contribution in [1.82, 2.24) is 9.97 Å². The first-order chi connectivity index (χ1) is 12.6. The lowest BCUT2D eigenvalue weighted by Gasteiger charge is -2.53. The number of nitrogens with one attached hydrogen (secondary N) is 1. The summed E-state index contributed by atoms with van der Waals surface area (Å²) in [6.45, 7) is 6.41. The second kappa shape index (κ2) is 6.60. The zero-order valence-corrected chi connectivity index (χ0v) is 14.9. The molecule has 4 heterocycles. The predicted octanol–water partition coefficient (Wildman–Crippen LogP) is 1.47. The van der Waals surface area contributed by atoms with Crippen molar-refractivity contribution in [2.45, 2.75) is 25.5 Å². The number of aromatic amines is 1. The average Bonchev–Trinajstić information content (AvgIpc) is 2.61. The van der Waals surface area contributed by atoms with Crippen LogP contribution >= 0.6 is 0 Å². The lowest BCUT2D eigenvalue weighted by atomic mass is 9.90. The van der Waals surface area contributed by atoms with Crippen molar-refractivity contribution < 1.29 is 9.47 Å². The van der Waals surface area contributed by atoms with Crippen molar-refractivity contribution >= 4 is 5.69 Å². The molecule has 2 fully saturated rings. The van der Waals surface area contributed by atoms with Crippen molar-refractivity contribution in [2.75, 3.05) is 31.3 Å². The number of nitrogens with zero attached hydrogens (tertiary/aromatic N) is 2. The van der Waals surface area contributed by atoms with E-state index in [1.807, 2.05) is 25.1 Å². The first-order valence-electron chi connectivity index (χ1n) is 8.74. The molecule has 0 radical (unpaired) electrons. The van der Waals surface area contributed by atoms with Gasteiger partial charge in [0.25, 0.3) is 5.56 Å². The van der Waals surface area contributed by atoms with Crippen LogP contribution in [0, 0.1) is 18.8 Å². The van der Waals surface area contributed by atoms with Gasteiger partial charge in [0.2, 0.25) is 0 Å². The van der Waals surface area contributed by atoms with E-state index in [0.717, 1.165) is 16.8 Å². The summed E-state index contributed by atoms with van der Waals surface area (Å²) in [7, 11) is 0. The molecule has 0 aromatic carbocycles. The summed E-state index contributed by atoms with van der Waals surface area (Å²) >= 11 is 0. The van der Waals surface area contributed by atoms with Gasteiger partial charge in [-0.25, -0.2) is 0 Å². The number of morpholine rings is 1. The van der Waals surface area contributed by atoms with Crippen LogP contribution in [0.15, 0.2) is 35.4 Å². The molecule has 0 aliphatic carbocycles. The molecule has 0 saturated carbocycles. The molecule has 26 heavy (non-hydrogen) atoms. The maximum atomic E-state index is 12.4. The fraction of sp³-hybridized carbons (Fsp3) is 0.400. The lowest BCUT2D eigenvalue weighted by molar-refractivity contribution is -0.228. The van der Waals surface area contributed by atoms with E-state index < -0.39 is 0 Å². The molecule has 1 spiro atoms. The van der Waals surface area contributed by atoms with Crippen molar-refractivity contribution in [3.63, 3.8) is 0 Å². The third-order valence-corrected chi connectivity index (χ3v) is 5.18. The number of hydrogen-bond donors (Lipinski definition) is 1. The molecule has 6 nitrogen and oxygen atoms in total. The molecule has 0 amide bonds. The fourth-order valence-corrected chi connectivity index (χ4v) is 3.42. The summed E-state index contributed by atoms with van der Waals surface area (Å²) in [6, 6.07) is 5.72. The number of ether oxygens (including phenoxy) is 2. The van der Waals surface area contributed by atoms with Gasteiger partial charge in [-0.2, -0.15) is 0 Å². The second-order valence-corrected chi connectivity index (χ2v) is 6.76. The van der Waals surface area contributed by atoms with Gasteiger partial charge in [0.1, 0.15) is 11.3 Å². The monoisotopic (exact) mass is 351 g/mol. The average molecular weight is 351 g/mol. The Morgan fingerprint density at radius 3 is 2.96 bits per heavy atom. The van der Waals surface area contributed by atoms with Crippen LogP contribution in [0.25, 0.3) is 0 Å². The highest BCUT2D eigenvalue weighted by molar-refractivity contribution is 5.53. The predicted molar refractivity (Wildman–Crippen MR) is 98.3 cm³/mol. The molecule has 2 aliphatic rings. The molecule has 0 bridgehead atoms. The van der Waals surface area contributed by atoms with E-state index in [1.54, 1.807) is 12.4 Å². The maximum absolute atomic E-state index is 12.4. The van der Waals surface area contributed by atoms with E-state index in [1.165, 1.54) is 0 Å². The highest BCUT2D eigenvalue weighted by Crippen LogP contribution is 2.34. The van der Waals surface area contributed by atoms with Crippen LogP contribution in [0.1, 0.15) is 23.7 Å². The van der Waals surface area contributed by atoms with Crippen LogP contribution in [0.2, 0.25) is 0 Å². The van der Waals surface area contributed by atoms with E-state index in [-0.39, 0.29) is 17.2 Å². The third-order valence-electron chi connectivity index (χ3n) is 5.18. The Bertz CT molecular complexity index is 937. The summed E-state index contributed by atoms with van der Waals surface area (Å²) in [5.74, 6) is 6.26. The molecule has 4 rings (SSSR count). The zero-order valence-electron chi connectivity index (χ0n) is 14.9. The smallest absolute Gasteiger partial charge is 0.271 e. The summed E-state index contributed by atoms with van der Waals surface area (Å²) < 4.78 is 11.3. The molecule has 2 aromatic rings. The molecule has 2 aromatic heterocycles. The molecule has 0 unspecified atom stereocenters. The topological polar surface area (TPSA) is 67.5 Å². The summed E-state index contributed by atoms with van der Waals surface area (Å²) in [4.78, 5) is 21.6. The number of aromatic nitrogens is 2. The number of anilines is 1. The van der Waals surface area contributed by atoms with Gasteiger partial charge in [0.15, 0.2) is 0 Å². The minimum atomic E-state index is -0.306. The van der Waals surface area contributed by atoms with E-state index in [4.69, 9.17) is 9.47 Å². The standard InChI is InChI=1S/C20H21N3O3/c1-14-17(4-3-7-21-14)6-5-16-10-18(19(24)22-11-16)23-8-9-26-20(15(23)2)12-25-13-20/h3-4,7,10-11,15H,8-9,12-13H2,1-2H3,(H,22,24)/t15-/m0/s1. The van der Waals surface area contributed by atoms with Gasteiger partial charge in [-0.3, -0.25) is 9.78 Å². The molecule has 2 saturated heterocycles. The van der Waals surface area contributed by atoms with E-state index >= 15 is 0 Å². The highest BCUT2D eigenvalue weighted by atomic mass is 16.6. The quantitative estimate of drug-likeness (QED) is 0.788. The van der Waals surface area contributed by atoms with Gasteiger partial charge in [-0.05, 0) is 32.0 Å². The Hall–Kier alpha value is -2.62. The number of pyridine rings is 2. The number of aryl methyl sites for hydroxylation is 1. The van der Waals surface area contributed by atoms with Crippen molar-refractivity contribution in [2.24, 2.45) is 0 Å². The van der Waals surface area contributed by atoms with E-state index in [9.17, 15) is 4.79 Å². The number of rotatable bonds is 1. The zero-order chi connectivity index (χ0) is 18.1. The van der Waals surface area contributed by atoms with Crippen molar-refractivity contribution in [3.8, 4) is 11.8 Å². The van der Waals surface area contributed by atoms with E-state index in [0.29, 0.717) is 32.1 Å². The SMILES string of the molecule is Cc1ncccc1C#Cc1c[nH]c(=O)c(N2CCOC3(COC3)[C@@H]2C)c1. The van der Waals surface area contributed by atoms with Crippen LogP contribution in [0.5, 0.6) is 0 Å². The highest BCUT2D eigenvalue weighted by Gasteiger charge is 2.50. The Labute approximate surface area is 152 Å².